The summed E-state index contributed by atoms with van der Waals surface area (Å²) in [4.78, 5) is 0. The van der Waals surface area contributed by atoms with Gasteiger partial charge in [-0.1, -0.05) is 17.7 Å². The Morgan fingerprint density at radius 1 is 1.38 bits per heavy atom. The third-order valence-corrected chi connectivity index (χ3v) is 2.61. The smallest absolute Gasteiger partial charge is 0.134 e. The van der Waals surface area contributed by atoms with Crippen LogP contribution in [0.5, 0.6) is 5.75 Å². The van der Waals surface area contributed by atoms with Gasteiger partial charge in [0.2, 0.25) is 0 Å². The number of hydrogen-bond acceptors (Lipinski definition) is 2. The van der Waals surface area contributed by atoms with Crippen molar-refractivity contribution in [1.82, 2.24) is 5.32 Å². The summed E-state index contributed by atoms with van der Waals surface area (Å²) in [5.74, 6) is 0.180. The van der Waals surface area contributed by atoms with Crippen molar-refractivity contribution in [2.45, 2.75) is 13.0 Å². The molecule has 13 heavy (non-hydrogen) atoms. The van der Waals surface area contributed by atoms with Gasteiger partial charge in [-0.25, -0.2) is 0 Å². The second-order valence-corrected chi connectivity index (χ2v) is 3.34. The minimum absolute atomic E-state index is 0. The Labute approximate surface area is 92.7 Å². The fraction of sp³-hybridized carbons (Fsp3) is 0.333. The Hall–Kier alpha value is -0.250. The Kier molecular flexibility index (Phi) is 3.59. The topological polar surface area (TPSA) is 32.3 Å². The van der Waals surface area contributed by atoms with Gasteiger partial charge in [-0.2, -0.15) is 0 Å². The lowest BCUT2D eigenvalue weighted by molar-refractivity contribution is 0.473. The van der Waals surface area contributed by atoms with Crippen molar-refractivity contribution in [1.29, 1.82) is 0 Å². The summed E-state index contributed by atoms with van der Waals surface area (Å²) in [5.41, 5.74) is 2.29. The zero-order valence-corrected chi connectivity index (χ0v) is 9.48. The third-order valence-electron chi connectivity index (χ3n) is 2.19. The summed E-state index contributed by atoms with van der Waals surface area (Å²) in [7, 11) is 0. The molecule has 0 unspecified atom stereocenters. The summed E-state index contributed by atoms with van der Waals surface area (Å²) < 4.78 is 0. The lowest BCUT2D eigenvalue weighted by Crippen LogP contribution is -2.23. The van der Waals surface area contributed by atoms with Crippen molar-refractivity contribution in [3.05, 3.63) is 28.3 Å². The average Bonchev–Trinajstić information content (AvgIpc) is 2.12. The van der Waals surface area contributed by atoms with Crippen molar-refractivity contribution >= 4 is 28.6 Å². The fourth-order valence-electron chi connectivity index (χ4n) is 1.51. The lowest BCUT2D eigenvalue weighted by atomic mass is 10.0. The molecular formula is C9H11BrClNO. The summed E-state index contributed by atoms with van der Waals surface area (Å²) in [5, 5.41) is 13.0. The highest BCUT2D eigenvalue weighted by Crippen LogP contribution is 2.30. The Bertz CT molecular complexity index is 317. The highest BCUT2D eigenvalue weighted by atomic mass is 79.9. The quantitative estimate of drug-likeness (QED) is 0.753. The molecule has 72 valence electrons. The molecule has 2 rings (SSSR count). The largest absolute Gasteiger partial charge is 0.506 e. The molecule has 0 bridgehead atoms. The summed E-state index contributed by atoms with van der Waals surface area (Å²) in [6.45, 7) is 1.76. The summed E-state index contributed by atoms with van der Waals surface area (Å²) >= 11 is 5.92. The van der Waals surface area contributed by atoms with E-state index in [0.717, 1.165) is 25.1 Å². The van der Waals surface area contributed by atoms with Gasteiger partial charge in [0.15, 0.2) is 0 Å². The van der Waals surface area contributed by atoms with Gasteiger partial charge in [-0.05, 0) is 30.2 Å². The predicted molar refractivity (Wildman–Crippen MR) is 58.8 cm³/mol. The predicted octanol–water partition coefficient (Wildman–Crippen LogP) is 2.27. The summed E-state index contributed by atoms with van der Waals surface area (Å²) in [6.07, 6.45) is 0.995. The van der Waals surface area contributed by atoms with E-state index in [1.807, 2.05) is 6.07 Å². The van der Waals surface area contributed by atoms with E-state index in [9.17, 15) is 5.11 Å². The minimum atomic E-state index is 0. The molecule has 1 heterocycles. The first-order valence-electron chi connectivity index (χ1n) is 3.99. The molecule has 1 aliphatic rings. The summed E-state index contributed by atoms with van der Waals surface area (Å²) in [6, 6.07) is 3.60. The van der Waals surface area contributed by atoms with E-state index >= 15 is 0 Å². The highest BCUT2D eigenvalue weighted by molar-refractivity contribution is 8.93. The molecule has 0 atom stereocenters. The minimum Gasteiger partial charge on any atom is -0.506 e. The Balaban J connectivity index is 0.000000845. The van der Waals surface area contributed by atoms with E-state index in [1.165, 1.54) is 5.56 Å². The van der Waals surface area contributed by atoms with Gasteiger partial charge >= 0.3 is 0 Å². The molecule has 0 spiro atoms. The van der Waals surface area contributed by atoms with Gasteiger partial charge in [0, 0.05) is 6.54 Å². The molecule has 0 fully saturated rings. The van der Waals surface area contributed by atoms with Crippen LogP contribution in [0.25, 0.3) is 0 Å². The van der Waals surface area contributed by atoms with Crippen LogP contribution in [-0.2, 0) is 13.0 Å². The molecule has 0 aromatic heterocycles. The number of rotatable bonds is 0. The third kappa shape index (κ3) is 1.98. The normalized spacial score (nSPS) is 14.5. The zero-order chi connectivity index (χ0) is 8.55. The van der Waals surface area contributed by atoms with E-state index < -0.39 is 0 Å². The van der Waals surface area contributed by atoms with Crippen LogP contribution in [-0.4, -0.2) is 11.7 Å². The number of hydrogen-bond donors (Lipinski definition) is 2. The van der Waals surface area contributed by atoms with Gasteiger partial charge in [-0.3, -0.25) is 0 Å². The molecule has 1 aromatic carbocycles. The van der Waals surface area contributed by atoms with E-state index in [0.29, 0.717) is 5.02 Å². The van der Waals surface area contributed by atoms with Crippen LogP contribution in [0.1, 0.15) is 11.1 Å². The number of nitrogens with one attached hydrogen (secondary N) is 1. The number of halogens is 2. The maximum absolute atomic E-state index is 9.32. The maximum atomic E-state index is 9.32. The molecular weight excluding hydrogens is 253 g/mol. The van der Waals surface area contributed by atoms with Crippen molar-refractivity contribution in [3.8, 4) is 5.75 Å². The second-order valence-electron chi connectivity index (χ2n) is 2.96. The van der Waals surface area contributed by atoms with Crippen LogP contribution >= 0.6 is 28.6 Å². The van der Waals surface area contributed by atoms with Crippen molar-refractivity contribution in [2.75, 3.05) is 6.54 Å². The van der Waals surface area contributed by atoms with Crippen LogP contribution in [0.3, 0.4) is 0 Å². The average molecular weight is 265 g/mol. The first kappa shape index (κ1) is 10.8. The maximum Gasteiger partial charge on any atom is 0.134 e. The van der Waals surface area contributed by atoms with Crippen LogP contribution in [0.4, 0.5) is 0 Å². The van der Waals surface area contributed by atoms with Crippen LogP contribution < -0.4 is 5.32 Å². The Morgan fingerprint density at radius 3 is 2.92 bits per heavy atom. The first-order chi connectivity index (χ1) is 5.79. The van der Waals surface area contributed by atoms with Crippen molar-refractivity contribution in [2.24, 2.45) is 0 Å². The number of phenols is 1. The van der Waals surface area contributed by atoms with E-state index in [-0.39, 0.29) is 22.7 Å². The molecule has 4 heteroatoms. The molecule has 0 saturated heterocycles. The molecule has 2 N–H and O–H groups in total. The van der Waals surface area contributed by atoms with E-state index in [1.54, 1.807) is 6.07 Å². The number of benzene rings is 1. The second kappa shape index (κ2) is 4.31. The number of fused-ring (bicyclic) bond motifs is 1. The SMILES string of the molecule is Br.Oc1ccc2c(c1Cl)CNCC2. The lowest BCUT2D eigenvalue weighted by Gasteiger charge is -2.18. The van der Waals surface area contributed by atoms with Crippen LogP contribution in [0, 0.1) is 0 Å². The van der Waals surface area contributed by atoms with E-state index in [2.05, 4.69) is 5.32 Å². The van der Waals surface area contributed by atoms with Crippen molar-refractivity contribution in [3.63, 3.8) is 0 Å². The van der Waals surface area contributed by atoms with Gasteiger partial charge in [0.25, 0.3) is 0 Å². The zero-order valence-electron chi connectivity index (χ0n) is 7.01. The molecule has 0 radical (unpaired) electrons. The number of phenolic OH excluding ortho intramolecular Hbond substituents is 1. The molecule has 1 aromatic rings. The van der Waals surface area contributed by atoms with Crippen LogP contribution in [0.2, 0.25) is 5.02 Å². The standard InChI is InChI=1S/C9H10ClNO.BrH/c10-9-7-5-11-4-3-6(7)1-2-8(9)12;/h1-2,11-12H,3-5H2;1H. The van der Waals surface area contributed by atoms with Gasteiger partial charge in [0.05, 0.1) is 5.02 Å². The molecule has 1 aliphatic heterocycles. The van der Waals surface area contributed by atoms with Gasteiger partial charge < -0.3 is 10.4 Å². The molecule has 0 saturated carbocycles. The molecule has 0 aliphatic carbocycles. The van der Waals surface area contributed by atoms with Gasteiger partial charge in [0.1, 0.15) is 5.75 Å². The molecule has 2 nitrogen and oxygen atoms in total. The Morgan fingerprint density at radius 2 is 2.15 bits per heavy atom. The molecule has 0 amide bonds. The highest BCUT2D eigenvalue weighted by Gasteiger charge is 2.13. The monoisotopic (exact) mass is 263 g/mol. The number of aromatic hydroxyl groups is 1. The fourth-order valence-corrected chi connectivity index (χ4v) is 1.76. The van der Waals surface area contributed by atoms with Crippen LogP contribution in [0.15, 0.2) is 12.1 Å². The van der Waals surface area contributed by atoms with Gasteiger partial charge in [-0.15, -0.1) is 17.0 Å². The van der Waals surface area contributed by atoms with Crippen molar-refractivity contribution < 1.29 is 5.11 Å². The first-order valence-corrected chi connectivity index (χ1v) is 4.37. The van der Waals surface area contributed by atoms with E-state index in [4.69, 9.17) is 11.6 Å².